The molecule has 0 spiro atoms. The van der Waals surface area contributed by atoms with Crippen LogP contribution in [0.5, 0.6) is 0 Å². The van der Waals surface area contributed by atoms with Gasteiger partial charge in [-0.3, -0.25) is 14.8 Å². The molecule has 1 aliphatic heterocycles. The van der Waals surface area contributed by atoms with E-state index in [1.54, 1.807) is 24.3 Å². The summed E-state index contributed by atoms with van der Waals surface area (Å²) in [7, 11) is 0. The van der Waals surface area contributed by atoms with Gasteiger partial charge in [-0.05, 0) is 17.5 Å². The summed E-state index contributed by atoms with van der Waals surface area (Å²) in [4.78, 5) is 23.3. The van der Waals surface area contributed by atoms with Crippen LogP contribution >= 0.6 is 0 Å². The molecule has 17 heavy (non-hydrogen) atoms. The van der Waals surface area contributed by atoms with Crippen LogP contribution in [-0.4, -0.2) is 22.1 Å². The Bertz CT molecular complexity index is 588. The molecular formula is C12H7NO3Zr. The molecular weight excluding hydrogens is 297 g/mol. The SMILES string of the molecule is O=C1c2cccc3cccc(c23)C(=O)N1O.[Zr]. The van der Waals surface area contributed by atoms with E-state index in [-0.39, 0.29) is 31.3 Å². The van der Waals surface area contributed by atoms with Gasteiger partial charge in [-0.1, -0.05) is 24.3 Å². The molecule has 0 bridgehead atoms. The smallest absolute Gasteiger partial charge is 0.278 e. The molecule has 0 atom stereocenters. The van der Waals surface area contributed by atoms with Crippen LogP contribution in [0.15, 0.2) is 36.4 Å². The van der Waals surface area contributed by atoms with Crippen LogP contribution < -0.4 is 0 Å². The third kappa shape index (κ3) is 1.58. The summed E-state index contributed by atoms with van der Waals surface area (Å²) in [6, 6.07) is 10.3. The topological polar surface area (TPSA) is 57.6 Å². The minimum absolute atomic E-state index is 0. The Morgan fingerprint density at radius 1 is 0.882 bits per heavy atom. The van der Waals surface area contributed by atoms with Crippen molar-refractivity contribution in [2.24, 2.45) is 0 Å². The Kier molecular flexibility index (Phi) is 2.98. The molecule has 1 heterocycles. The van der Waals surface area contributed by atoms with E-state index in [1.165, 1.54) is 0 Å². The van der Waals surface area contributed by atoms with Crippen LogP contribution in [0.3, 0.4) is 0 Å². The van der Waals surface area contributed by atoms with Crippen LogP contribution in [0.2, 0.25) is 0 Å². The van der Waals surface area contributed by atoms with E-state index in [0.29, 0.717) is 16.5 Å². The fraction of sp³-hybridized carbons (Fsp3) is 0. The van der Waals surface area contributed by atoms with E-state index in [9.17, 15) is 14.8 Å². The number of rotatable bonds is 0. The van der Waals surface area contributed by atoms with Gasteiger partial charge in [0.2, 0.25) is 0 Å². The van der Waals surface area contributed by atoms with E-state index in [0.717, 1.165) is 5.39 Å². The Hall–Kier alpha value is -1.32. The number of hydrogen-bond donors (Lipinski definition) is 1. The van der Waals surface area contributed by atoms with Gasteiger partial charge in [0, 0.05) is 31.6 Å². The summed E-state index contributed by atoms with van der Waals surface area (Å²) in [6.45, 7) is 0. The van der Waals surface area contributed by atoms with Gasteiger partial charge in [0.1, 0.15) is 0 Å². The first-order valence-electron chi connectivity index (χ1n) is 4.79. The maximum absolute atomic E-state index is 11.7. The molecule has 0 fully saturated rings. The van der Waals surface area contributed by atoms with Crippen LogP contribution in [0, 0.1) is 0 Å². The van der Waals surface area contributed by atoms with E-state index in [4.69, 9.17) is 0 Å². The van der Waals surface area contributed by atoms with Gasteiger partial charge in [-0.2, -0.15) is 0 Å². The second-order valence-corrected chi connectivity index (χ2v) is 3.63. The van der Waals surface area contributed by atoms with Crippen LogP contribution in [0.1, 0.15) is 20.7 Å². The van der Waals surface area contributed by atoms with E-state index in [1.807, 2.05) is 12.1 Å². The Morgan fingerprint density at radius 2 is 1.35 bits per heavy atom. The van der Waals surface area contributed by atoms with Crippen LogP contribution in [0.4, 0.5) is 0 Å². The molecule has 2 aromatic rings. The number of imide groups is 1. The predicted octanol–water partition coefficient (Wildman–Crippen LogP) is 1.82. The number of hydroxylamine groups is 2. The Balaban J connectivity index is 0.00000108. The van der Waals surface area contributed by atoms with Gasteiger partial charge in [-0.15, -0.1) is 5.06 Å². The second-order valence-electron chi connectivity index (χ2n) is 3.63. The molecule has 5 heteroatoms. The molecule has 0 radical (unpaired) electrons. The van der Waals surface area contributed by atoms with Gasteiger partial charge < -0.3 is 0 Å². The van der Waals surface area contributed by atoms with E-state index >= 15 is 0 Å². The number of carbonyl (C=O) groups excluding carboxylic acids is 2. The first-order valence-corrected chi connectivity index (χ1v) is 4.79. The Morgan fingerprint density at radius 3 is 1.82 bits per heavy atom. The number of amides is 2. The van der Waals surface area contributed by atoms with Crippen molar-refractivity contribution >= 4 is 22.6 Å². The third-order valence-corrected chi connectivity index (χ3v) is 2.75. The molecule has 0 aliphatic carbocycles. The fourth-order valence-electron chi connectivity index (χ4n) is 2.02. The maximum Gasteiger partial charge on any atom is 0.285 e. The maximum atomic E-state index is 11.7. The van der Waals surface area contributed by atoms with Crippen LogP contribution in [0.25, 0.3) is 10.8 Å². The quantitative estimate of drug-likeness (QED) is 0.597. The zero-order valence-corrected chi connectivity index (χ0v) is 11.1. The van der Waals surface area contributed by atoms with E-state index in [2.05, 4.69) is 0 Å². The third-order valence-electron chi connectivity index (χ3n) is 2.75. The Labute approximate surface area is 116 Å². The number of nitrogens with zero attached hydrogens (tertiary/aromatic N) is 1. The fourth-order valence-corrected chi connectivity index (χ4v) is 2.02. The zero-order chi connectivity index (χ0) is 11.3. The molecule has 82 valence electrons. The van der Waals surface area contributed by atoms with Crippen LogP contribution in [-0.2, 0) is 26.2 Å². The summed E-state index contributed by atoms with van der Waals surface area (Å²) >= 11 is 0. The first-order chi connectivity index (χ1) is 7.70. The monoisotopic (exact) mass is 303 g/mol. The van der Waals surface area contributed by atoms with Crippen molar-refractivity contribution in [1.29, 1.82) is 0 Å². The summed E-state index contributed by atoms with van der Waals surface area (Å²) in [5.41, 5.74) is 0.713. The standard InChI is InChI=1S/C12H7NO3.Zr/c14-11-8-5-1-3-7-4-2-6-9(10(7)8)12(15)13(11)16;/h1-6,16H;. The molecule has 0 aromatic heterocycles. The van der Waals surface area contributed by atoms with Crippen molar-refractivity contribution in [3.63, 3.8) is 0 Å². The molecule has 1 N–H and O–H groups in total. The van der Waals surface area contributed by atoms with Gasteiger partial charge >= 0.3 is 0 Å². The number of benzene rings is 2. The van der Waals surface area contributed by atoms with Crippen molar-refractivity contribution in [2.75, 3.05) is 0 Å². The summed E-state index contributed by atoms with van der Waals surface area (Å²) in [6.07, 6.45) is 0. The van der Waals surface area contributed by atoms with Crippen molar-refractivity contribution in [3.8, 4) is 0 Å². The van der Waals surface area contributed by atoms with Crippen molar-refractivity contribution < 1.29 is 41.0 Å². The number of carbonyl (C=O) groups is 2. The summed E-state index contributed by atoms with van der Waals surface area (Å²) < 4.78 is 0. The average molecular weight is 304 g/mol. The molecule has 0 saturated heterocycles. The normalized spacial score (nSPS) is 13.8. The molecule has 2 aromatic carbocycles. The average Bonchev–Trinajstić information content (AvgIpc) is 2.33. The molecule has 0 unspecified atom stereocenters. The van der Waals surface area contributed by atoms with Gasteiger partial charge in [0.25, 0.3) is 11.8 Å². The molecule has 0 saturated carbocycles. The van der Waals surface area contributed by atoms with Gasteiger partial charge in [0.05, 0.1) is 11.1 Å². The summed E-state index contributed by atoms with van der Waals surface area (Å²) in [5, 5.41) is 11.0. The van der Waals surface area contributed by atoms with E-state index < -0.39 is 11.8 Å². The summed E-state index contributed by atoms with van der Waals surface area (Å²) in [5.74, 6) is -1.34. The molecule has 2 amide bonds. The predicted molar refractivity (Wildman–Crippen MR) is 56.2 cm³/mol. The minimum atomic E-state index is -0.672. The van der Waals surface area contributed by atoms with Gasteiger partial charge in [-0.25, -0.2) is 0 Å². The number of hydrogen-bond acceptors (Lipinski definition) is 3. The minimum Gasteiger partial charge on any atom is -0.278 e. The molecule has 4 nitrogen and oxygen atoms in total. The van der Waals surface area contributed by atoms with Crippen molar-refractivity contribution in [1.82, 2.24) is 5.06 Å². The molecule has 3 rings (SSSR count). The zero-order valence-electron chi connectivity index (χ0n) is 8.68. The van der Waals surface area contributed by atoms with Gasteiger partial charge in [0.15, 0.2) is 0 Å². The van der Waals surface area contributed by atoms with Crippen molar-refractivity contribution in [2.45, 2.75) is 0 Å². The van der Waals surface area contributed by atoms with Crippen molar-refractivity contribution in [3.05, 3.63) is 47.5 Å². The second kappa shape index (κ2) is 4.17. The largest absolute Gasteiger partial charge is 0.285 e. The molecule has 1 aliphatic rings. The first kappa shape index (κ1) is 12.1.